The van der Waals surface area contributed by atoms with E-state index < -0.39 is 5.56 Å². The minimum absolute atomic E-state index is 0.000674. The quantitative estimate of drug-likeness (QED) is 0.521. The summed E-state index contributed by atoms with van der Waals surface area (Å²) in [5.41, 5.74) is -0.0556. The second-order valence-electron chi connectivity index (χ2n) is 5.06. The number of rotatable bonds is 4. The Morgan fingerprint density at radius 1 is 1.52 bits per heavy atom. The van der Waals surface area contributed by atoms with Gasteiger partial charge < -0.3 is 9.15 Å². The number of hydrogen-bond donors (Lipinski definition) is 0. The van der Waals surface area contributed by atoms with Gasteiger partial charge in [0.1, 0.15) is 17.3 Å². The number of nitriles is 1. The van der Waals surface area contributed by atoms with E-state index in [1.54, 1.807) is 23.6 Å². The molecule has 1 aliphatic heterocycles. The third kappa shape index (κ3) is 2.23. The van der Waals surface area contributed by atoms with Crippen molar-refractivity contribution in [1.82, 2.24) is 19.2 Å². The van der Waals surface area contributed by atoms with Gasteiger partial charge in [-0.25, -0.2) is 0 Å². The summed E-state index contributed by atoms with van der Waals surface area (Å²) in [6.45, 7) is 0.747. The molecule has 4 heterocycles. The first-order chi connectivity index (χ1) is 11.2. The molecule has 0 saturated carbocycles. The van der Waals surface area contributed by atoms with E-state index in [4.69, 9.17) is 9.15 Å². The van der Waals surface area contributed by atoms with Gasteiger partial charge in [0.25, 0.3) is 5.56 Å². The molecule has 1 atom stereocenters. The molecule has 1 saturated heterocycles. The Hall–Kier alpha value is -2.57. The summed E-state index contributed by atoms with van der Waals surface area (Å²) in [5, 5.41) is 18.3. The van der Waals surface area contributed by atoms with E-state index in [9.17, 15) is 10.1 Å². The number of thioether (sulfide) groups is 1. The summed E-state index contributed by atoms with van der Waals surface area (Å²) >= 11 is 1.47. The summed E-state index contributed by atoms with van der Waals surface area (Å²) in [5.74, 6) is 1.52. The first-order valence-corrected chi connectivity index (χ1v) is 7.85. The molecule has 1 unspecified atom stereocenters. The molecule has 23 heavy (non-hydrogen) atoms. The highest BCUT2D eigenvalue weighted by molar-refractivity contribution is 7.99. The fraction of sp³-hybridized carbons (Fsp3) is 0.286. The molecule has 0 bridgehead atoms. The van der Waals surface area contributed by atoms with Gasteiger partial charge in [0, 0.05) is 12.8 Å². The molecule has 4 rings (SSSR count). The van der Waals surface area contributed by atoms with Crippen LogP contribution >= 0.6 is 11.8 Å². The van der Waals surface area contributed by atoms with Crippen LogP contribution in [0.4, 0.5) is 0 Å². The van der Waals surface area contributed by atoms with Crippen LogP contribution in [0.15, 0.2) is 32.8 Å². The highest BCUT2D eigenvalue weighted by Gasteiger charge is 2.26. The number of furan rings is 1. The number of fused-ring (bicyclic) bond motifs is 1. The van der Waals surface area contributed by atoms with Gasteiger partial charge in [0.2, 0.25) is 5.78 Å². The number of ether oxygens (including phenoxy) is 1. The van der Waals surface area contributed by atoms with Crippen molar-refractivity contribution in [2.24, 2.45) is 7.05 Å². The van der Waals surface area contributed by atoms with Crippen molar-refractivity contribution in [3.05, 3.63) is 34.3 Å². The van der Waals surface area contributed by atoms with Crippen LogP contribution in [0, 0.1) is 11.3 Å². The van der Waals surface area contributed by atoms with Gasteiger partial charge in [-0.15, -0.1) is 10.2 Å². The average Bonchev–Trinajstić information content (AvgIpc) is 3.07. The lowest BCUT2D eigenvalue weighted by Crippen LogP contribution is -2.24. The Kier molecular flexibility index (Phi) is 3.21. The topological polar surface area (TPSA) is 102 Å². The fourth-order valence-corrected chi connectivity index (χ4v) is 3.25. The van der Waals surface area contributed by atoms with Gasteiger partial charge in [-0.05, 0) is 12.1 Å². The van der Waals surface area contributed by atoms with E-state index in [1.165, 1.54) is 22.6 Å². The SMILES string of the molecule is Cn1c(=O)c(C#N)c(-c2ccco2)n2c(SCC3CO3)nnc12. The van der Waals surface area contributed by atoms with Gasteiger partial charge in [0.05, 0.1) is 19.0 Å². The van der Waals surface area contributed by atoms with Crippen molar-refractivity contribution < 1.29 is 9.15 Å². The Balaban J connectivity index is 2.01. The average molecular weight is 329 g/mol. The van der Waals surface area contributed by atoms with Crippen molar-refractivity contribution in [3.63, 3.8) is 0 Å². The van der Waals surface area contributed by atoms with E-state index in [-0.39, 0.29) is 11.7 Å². The largest absolute Gasteiger partial charge is 0.463 e. The predicted molar refractivity (Wildman–Crippen MR) is 81.1 cm³/mol. The van der Waals surface area contributed by atoms with Crippen LogP contribution in [-0.2, 0) is 11.8 Å². The third-order valence-electron chi connectivity index (χ3n) is 3.56. The summed E-state index contributed by atoms with van der Waals surface area (Å²) in [4.78, 5) is 12.4. The molecule has 3 aromatic rings. The molecular formula is C14H11N5O3S. The van der Waals surface area contributed by atoms with Crippen LogP contribution in [0.25, 0.3) is 17.2 Å². The molecular weight excluding hydrogens is 318 g/mol. The number of nitrogens with zero attached hydrogens (tertiary/aromatic N) is 5. The number of aromatic nitrogens is 4. The monoisotopic (exact) mass is 329 g/mol. The van der Waals surface area contributed by atoms with Crippen LogP contribution < -0.4 is 5.56 Å². The van der Waals surface area contributed by atoms with Crippen molar-refractivity contribution in [2.45, 2.75) is 11.3 Å². The molecule has 0 N–H and O–H groups in total. The van der Waals surface area contributed by atoms with Gasteiger partial charge in [-0.3, -0.25) is 13.8 Å². The van der Waals surface area contributed by atoms with Crippen LogP contribution in [-0.4, -0.2) is 37.6 Å². The minimum atomic E-state index is -0.430. The van der Waals surface area contributed by atoms with Crippen LogP contribution in [0.1, 0.15) is 5.56 Å². The summed E-state index contributed by atoms with van der Waals surface area (Å²) in [7, 11) is 1.57. The normalized spacial score (nSPS) is 16.6. The fourth-order valence-electron chi connectivity index (χ4n) is 2.32. The molecule has 116 valence electrons. The Morgan fingerprint density at radius 3 is 3.00 bits per heavy atom. The maximum Gasteiger partial charge on any atom is 0.273 e. The lowest BCUT2D eigenvalue weighted by atomic mass is 10.2. The molecule has 0 amide bonds. The molecule has 9 heteroatoms. The van der Waals surface area contributed by atoms with Crippen molar-refractivity contribution in [2.75, 3.05) is 12.4 Å². The molecule has 0 aromatic carbocycles. The van der Waals surface area contributed by atoms with Gasteiger partial charge >= 0.3 is 0 Å². The van der Waals surface area contributed by atoms with Crippen molar-refractivity contribution in [3.8, 4) is 17.5 Å². The zero-order chi connectivity index (χ0) is 16.0. The number of aryl methyl sites for hydroxylation is 1. The standard InChI is InChI=1S/C14H11N5O3S/c1-18-12(20)9(5-15)11(10-3-2-4-21-10)19-13(18)16-17-14(19)23-7-8-6-22-8/h2-4,8H,6-7H2,1H3. The Labute approximate surface area is 134 Å². The van der Waals surface area contributed by atoms with Crippen LogP contribution in [0.5, 0.6) is 0 Å². The Bertz CT molecular complexity index is 979. The number of hydrogen-bond acceptors (Lipinski definition) is 7. The Morgan fingerprint density at radius 2 is 2.35 bits per heavy atom. The molecule has 0 radical (unpaired) electrons. The zero-order valence-corrected chi connectivity index (χ0v) is 12.9. The smallest absolute Gasteiger partial charge is 0.273 e. The van der Waals surface area contributed by atoms with Gasteiger partial charge in [-0.2, -0.15) is 5.26 Å². The van der Waals surface area contributed by atoms with Crippen molar-refractivity contribution >= 4 is 17.5 Å². The second kappa shape index (κ2) is 5.26. The third-order valence-corrected chi connectivity index (χ3v) is 4.62. The molecule has 0 spiro atoms. The molecule has 8 nitrogen and oxygen atoms in total. The highest BCUT2D eigenvalue weighted by Crippen LogP contribution is 2.29. The van der Waals surface area contributed by atoms with E-state index in [0.29, 0.717) is 22.4 Å². The predicted octanol–water partition coefficient (Wildman–Crippen LogP) is 1.05. The van der Waals surface area contributed by atoms with E-state index in [0.717, 1.165) is 12.4 Å². The highest BCUT2D eigenvalue weighted by atomic mass is 32.2. The molecule has 0 aliphatic carbocycles. The summed E-state index contributed by atoms with van der Waals surface area (Å²) < 4.78 is 13.6. The van der Waals surface area contributed by atoms with E-state index in [2.05, 4.69) is 10.2 Å². The minimum Gasteiger partial charge on any atom is -0.463 e. The summed E-state index contributed by atoms with van der Waals surface area (Å²) in [6.07, 6.45) is 1.72. The van der Waals surface area contributed by atoms with Crippen molar-refractivity contribution in [1.29, 1.82) is 5.26 Å². The number of epoxide rings is 1. The zero-order valence-electron chi connectivity index (χ0n) is 12.1. The van der Waals surface area contributed by atoms with E-state index in [1.807, 2.05) is 6.07 Å². The lowest BCUT2D eigenvalue weighted by molar-refractivity contribution is 0.426. The maximum atomic E-state index is 12.4. The first-order valence-electron chi connectivity index (χ1n) is 6.87. The summed E-state index contributed by atoms with van der Waals surface area (Å²) in [6, 6.07) is 5.38. The van der Waals surface area contributed by atoms with Gasteiger partial charge in [-0.1, -0.05) is 11.8 Å². The molecule has 1 aliphatic rings. The lowest BCUT2D eigenvalue weighted by Gasteiger charge is -2.09. The van der Waals surface area contributed by atoms with Crippen LogP contribution in [0.3, 0.4) is 0 Å². The van der Waals surface area contributed by atoms with Gasteiger partial charge in [0.15, 0.2) is 10.9 Å². The first kappa shape index (κ1) is 14.0. The maximum absolute atomic E-state index is 12.4. The second-order valence-corrected chi connectivity index (χ2v) is 6.05. The molecule has 3 aromatic heterocycles. The van der Waals surface area contributed by atoms with E-state index >= 15 is 0 Å². The molecule has 1 fully saturated rings. The van der Waals surface area contributed by atoms with Crippen LogP contribution in [0.2, 0.25) is 0 Å².